The Morgan fingerprint density at radius 3 is 2.62 bits per heavy atom. The molecule has 8 heteroatoms. The second kappa shape index (κ2) is 6.42. The molecule has 1 heterocycles. The molecule has 0 spiro atoms. The molecule has 0 aliphatic heterocycles. The van der Waals surface area contributed by atoms with Gasteiger partial charge in [0.05, 0.1) is 4.90 Å². The van der Waals surface area contributed by atoms with E-state index in [9.17, 15) is 8.42 Å². The van der Waals surface area contributed by atoms with Gasteiger partial charge in [0, 0.05) is 32.2 Å². The van der Waals surface area contributed by atoms with E-state index in [1.54, 1.807) is 24.4 Å². The van der Waals surface area contributed by atoms with E-state index >= 15 is 0 Å². The number of thioether (sulfide) groups is 1. The van der Waals surface area contributed by atoms with Crippen molar-refractivity contribution in [3.63, 3.8) is 0 Å². The van der Waals surface area contributed by atoms with Crippen LogP contribution < -0.4 is 5.73 Å². The molecule has 112 valence electrons. The molecule has 0 saturated heterocycles. The van der Waals surface area contributed by atoms with Crippen LogP contribution >= 0.6 is 11.8 Å². The van der Waals surface area contributed by atoms with Gasteiger partial charge in [0.25, 0.3) is 0 Å². The van der Waals surface area contributed by atoms with Crippen LogP contribution in [0.25, 0.3) is 0 Å². The third kappa shape index (κ3) is 3.72. The Bertz CT molecular complexity index is 732. The molecule has 21 heavy (non-hydrogen) atoms. The average molecular weight is 324 g/mol. The summed E-state index contributed by atoms with van der Waals surface area (Å²) < 4.78 is 25.4. The van der Waals surface area contributed by atoms with E-state index in [1.165, 1.54) is 36.4 Å². The molecule has 0 fully saturated rings. The fraction of sp³-hybridized carbons (Fsp3) is 0.231. The summed E-state index contributed by atoms with van der Waals surface area (Å²) in [4.78, 5) is 8.38. The highest BCUT2D eigenvalue weighted by molar-refractivity contribution is 7.98. The number of hydrogen-bond acceptors (Lipinski definition) is 6. The molecule has 2 aromatic rings. The molecule has 1 aromatic carbocycles. The lowest BCUT2D eigenvalue weighted by Crippen LogP contribution is -2.22. The Balaban J connectivity index is 2.18. The molecule has 0 atom stereocenters. The number of sulfonamides is 1. The second-order valence-corrected chi connectivity index (χ2v) is 7.59. The Labute approximate surface area is 128 Å². The van der Waals surface area contributed by atoms with Gasteiger partial charge >= 0.3 is 0 Å². The number of hydrogen-bond donors (Lipinski definition) is 1. The predicted molar refractivity (Wildman–Crippen MR) is 83.3 cm³/mol. The van der Waals surface area contributed by atoms with Gasteiger partial charge in [-0.2, -0.15) is 0 Å². The first-order valence-corrected chi connectivity index (χ1v) is 8.54. The van der Waals surface area contributed by atoms with Crippen LogP contribution in [-0.2, 0) is 15.8 Å². The quantitative estimate of drug-likeness (QED) is 0.840. The number of nitrogens with zero attached hydrogens (tertiary/aromatic N) is 3. The number of rotatable bonds is 5. The maximum atomic E-state index is 12.1. The highest BCUT2D eigenvalue weighted by Gasteiger charge is 2.17. The van der Waals surface area contributed by atoms with Gasteiger partial charge in [-0.25, -0.2) is 22.7 Å². The predicted octanol–water partition coefficient (Wildman–Crippen LogP) is 1.60. The van der Waals surface area contributed by atoms with Gasteiger partial charge < -0.3 is 5.73 Å². The van der Waals surface area contributed by atoms with Gasteiger partial charge in [-0.05, 0) is 17.7 Å². The fourth-order valence-electron chi connectivity index (χ4n) is 1.61. The highest BCUT2D eigenvalue weighted by Crippen LogP contribution is 2.25. The largest absolute Gasteiger partial charge is 0.381 e. The van der Waals surface area contributed by atoms with Crippen LogP contribution in [0.15, 0.2) is 46.6 Å². The van der Waals surface area contributed by atoms with Gasteiger partial charge in [0.15, 0.2) is 5.82 Å². The fourth-order valence-corrected chi connectivity index (χ4v) is 3.40. The molecule has 6 nitrogen and oxygen atoms in total. The average Bonchev–Trinajstić information content (AvgIpc) is 2.46. The summed E-state index contributed by atoms with van der Waals surface area (Å²) in [5.74, 6) is 0.944. The maximum absolute atomic E-state index is 12.1. The summed E-state index contributed by atoms with van der Waals surface area (Å²) in [6.07, 6.45) is 3.11. The van der Waals surface area contributed by atoms with E-state index in [1.807, 2.05) is 6.07 Å². The minimum Gasteiger partial charge on any atom is -0.381 e. The number of nitrogens with two attached hydrogens (primary N) is 1. The Morgan fingerprint density at radius 2 is 1.95 bits per heavy atom. The van der Waals surface area contributed by atoms with Crippen LogP contribution in [0.4, 0.5) is 5.82 Å². The van der Waals surface area contributed by atoms with Gasteiger partial charge in [-0.1, -0.05) is 23.9 Å². The van der Waals surface area contributed by atoms with Gasteiger partial charge in [-0.15, -0.1) is 0 Å². The topological polar surface area (TPSA) is 89.2 Å². The Morgan fingerprint density at radius 1 is 1.24 bits per heavy atom. The first-order valence-electron chi connectivity index (χ1n) is 6.12. The minimum absolute atomic E-state index is 0.276. The first kappa shape index (κ1) is 15.7. The molecule has 2 N–H and O–H groups in total. The van der Waals surface area contributed by atoms with E-state index < -0.39 is 10.0 Å². The third-order valence-corrected chi connectivity index (χ3v) is 5.62. The summed E-state index contributed by atoms with van der Waals surface area (Å²) in [6.45, 7) is 0. The summed E-state index contributed by atoms with van der Waals surface area (Å²) in [5, 5.41) is 0.637. The Hall–Kier alpha value is -1.64. The number of benzene rings is 1. The van der Waals surface area contributed by atoms with Crippen LogP contribution in [0.1, 0.15) is 5.56 Å². The lowest BCUT2D eigenvalue weighted by molar-refractivity contribution is 0.520. The zero-order valence-corrected chi connectivity index (χ0v) is 13.4. The van der Waals surface area contributed by atoms with Crippen molar-refractivity contribution in [1.82, 2.24) is 14.3 Å². The van der Waals surface area contributed by atoms with Crippen molar-refractivity contribution in [2.45, 2.75) is 15.7 Å². The molecule has 0 aliphatic carbocycles. The second-order valence-electron chi connectivity index (χ2n) is 4.47. The third-order valence-electron chi connectivity index (χ3n) is 2.74. The van der Waals surface area contributed by atoms with E-state index in [0.29, 0.717) is 16.6 Å². The zero-order chi connectivity index (χ0) is 15.5. The van der Waals surface area contributed by atoms with E-state index in [2.05, 4.69) is 9.97 Å². The molecule has 2 rings (SSSR count). The van der Waals surface area contributed by atoms with Gasteiger partial charge in [-0.3, -0.25) is 0 Å². The van der Waals surface area contributed by atoms with Crippen molar-refractivity contribution < 1.29 is 8.42 Å². The zero-order valence-electron chi connectivity index (χ0n) is 11.7. The molecule has 0 bridgehead atoms. The number of anilines is 1. The van der Waals surface area contributed by atoms with E-state index in [-0.39, 0.29) is 4.90 Å². The molecular formula is C13H16N4O2S2. The molecule has 0 saturated carbocycles. The van der Waals surface area contributed by atoms with Crippen molar-refractivity contribution in [2.24, 2.45) is 0 Å². The van der Waals surface area contributed by atoms with Crippen LogP contribution in [0, 0.1) is 0 Å². The lowest BCUT2D eigenvalue weighted by Gasteiger charge is -2.12. The molecule has 0 aliphatic rings. The number of aromatic nitrogens is 2. The van der Waals surface area contributed by atoms with E-state index in [4.69, 9.17) is 5.73 Å². The van der Waals surface area contributed by atoms with Crippen LogP contribution in [0.3, 0.4) is 0 Å². The molecule has 0 amide bonds. The Kier molecular flexibility index (Phi) is 4.81. The summed E-state index contributed by atoms with van der Waals surface area (Å²) in [7, 11) is -0.397. The van der Waals surface area contributed by atoms with Crippen LogP contribution in [0.5, 0.6) is 0 Å². The standard InChI is InChI=1S/C13H16N4O2S2/c1-17(2)21(18,19)11-5-3-4-10(8-11)9-20-13-12(14)15-6-7-16-13/h3-8H,9H2,1-2H3,(H2,14,15). The smallest absolute Gasteiger partial charge is 0.242 e. The molecule has 1 aromatic heterocycles. The normalized spacial score (nSPS) is 11.8. The van der Waals surface area contributed by atoms with E-state index in [0.717, 1.165) is 5.56 Å². The van der Waals surface area contributed by atoms with Crippen molar-refractivity contribution in [2.75, 3.05) is 19.8 Å². The molecule has 0 unspecified atom stereocenters. The summed E-state index contributed by atoms with van der Waals surface area (Å²) in [5.41, 5.74) is 6.61. The first-order chi connectivity index (χ1) is 9.91. The van der Waals surface area contributed by atoms with Crippen molar-refractivity contribution in [3.8, 4) is 0 Å². The monoisotopic (exact) mass is 324 g/mol. The highest BCUT2D eigenvalue weighted by atomic mass is 32.2. The van der Waals surface area contributed by atoms with Crippen LogP contribution in [0.2, 0.25) is 0 Å². The molecular weight excluding hydrogens is 308 g/mol. The maximum Gasteiger partial charge on any atom is 0.242 e. The minimum atomic E-state index is -3.42. The summed E-state index contributed by atoms with van der Waals surface area (Å²) >= 11 is 1.42. The summed E-state index contributed by atoms with van der Waals surface area (Å²) in [6, 6.07) is 6.84. The molecule has 0 radical (unpaired) electrons. The van der Waals surface area contributed by atoms with Crippen molar-refractivity contribution in [1.29, 1.82) is 0 Å². The van der Waals surface area contributed by atoms with Crippen molar-refractivity contribution in [3.05, 3.63) is 42.2 Å². The van der Waals surface area contributed by atoms with Gasteiger partial charge in [0.2, 0.25) is 10.0 Å². The lowest BCUT2D eigenvalue weighted by atomic mass is 10.2. The number of nitrogen functional groups attached to an aromatic ring is 1. The SMILES string of the molecule is CN(C)S(=O)(=O)c1cccc(CSc2nccnc2N)c1. The van der Waals surface area contributed by atoms with Crippen LogP contribution in [-0.4, -0.2) is 36.8 Å². The van der Waals surface area contributed by atoms with Crippen molar-refractivity contribution >= 4 is 27.6 Å². The van der Waals surface area contributed by atoms with Gasteiger partial charge in [0.1, 0.15) is 5.03 Å².